The standard InChI is InChI=1S/C16H30O2/c1-12(2)11-14(13(3)4)15(17)18-16(5)9-7-6-8-10-16/h12-14H,6-11H2,1-5H3. The molecule has 0 aliphatic heterocycles. The summed E-state index contributed by atoms with van der Waals surface area (Å²) >= 11 is 0. The maximum atomic E-state index is 12.4. The van der Waals surface area contributed by atoms with Gasteiger partial charge in [0.2, 0.25) is 0 Å². The fourth-order valence-corrected chi connectivity index (χ4v) is 2.87. The first-order valence-corrected chi connectivity index (χ1v) is 7.57. The van der Waals surface area contributed by atoms with E-state index in [2.05, 4.69) is 34.6 Å². The van der Waals surface area contributed by atoms with Crippen LogP contribution in [-0.4, -0.2) is 11.6 Å². The van der Waals surface area contributed by atoms with E-state index in [1.165, 1.54) is 19.3 Å². The van der Waals surface area contributed by atoms with Crippen LogP contribution in [0, 0.1) is 17.8 Å². The monoisotopic (exact) mass is 254 g/mol. The highest BCUT2D eigenvalue weighted by Gasteiger charge is 2.34. The summed E-state index contributed by atoms with van der Waals surface area (Å²) in [5.74, 6) is 1.00. The lowest BCUT2D eigenvalue weighted by atomic mass is 9.84. The van der Waals surface area contributed by atoms with Crippen molar-refractivity contribution >= 4 is 5.97 Å². The molecule has 1 fully saturated rings. The van der Waals surface area contributed by atoms with Crippen LogP contribution in [0.2, 0.25) is 0 Å². The quantitative estimate of drug-likeness (QED) is 0.672. The molecule has 0 spiro atoms. The second kappa shape index (κ2) is 6.58. The number of carbonyl (C=O) groups is 1. The van der Waals surface area contributed by atoms with E-state index >= 15 is 0 Å². The molecule has 0 amide bonds. The van der Waals surface area contributed by atoms with Crippen LogP contribution in [0.4, 0.5) is 0 Å². The summed E-state index contributed by atoms with van der Waals surface area (Å²) < 4.78 is 5.86. The Morgan fingerprint density at radius 2 is 1.67 bits per heavy atom. The third kappa shape index (κ3) is 4.62. The molecule has 0 bridgehead atoms. The Hall–Kier alpha value is -0.530. The summed E-state index contributed by atoms with van der Waals surface area (Å²) in [6.45, 7) is 10.7. The van der Waals surface area contributed by atoms with Gasteiger partial charge >= 0.3 is 5.97 Å². The van der Waals surface area contributed by atoms with Crippen LogP contribution in [0.25, 0.3) is 0 Å². The predicted octanol–water partition coefficient (Wildman–Crippen LogP) is 4.57. The van der Waals surface area contributed by atoms with Crippen LogP contribution in [0.1, 0.15) is 73.1 Å². The molecule has 1 unspecified atom stereocenters. The lowest BCUT2D eigenvalue weighted by Crippen LogP contribution is -2.37. The molecule has 1 aliphatic carbocycles. The Labute approximate surface area is 112 Å². The fourth-order valence-electron chi connectivity index (χ4n) is 2.87. The van der Waals surface area contributed by atoms with Crippen molar-refractivity contribution in [3.05, 3.63) is 0 Å². The summed E-state index contributed by atoms with van der Waals surface area (Å²) in [4.78, 5) is 12.4. The molecule has 0 aromatic heterocycles. The molecule has 1 aliphatic rings. The van der Waals surface area contributed by atoms with Crippen LogP contribution >= 0.6 is 0 Å². The van der Waals surface area contributed by atoms with Gasteiger partial charge in [-0.05, 0) is 50.9 Å². The van der Waals surface area contributed by atoms with Gasteiger partial charge in [0.05, 0.1) is 5.92 Å². The Kier molecular flexibility index (Phi) is 5.68. The molecule has 106 valence electrons. The number of ether oxygens (including phenoxy) is 1. The molecule has 18 heavy (non-hydrogen) atoms. The minimum Gasteiger partial charge on any atom is -0.459 e. The smallest absolute Gasteiger partial charge is 0.309 e. The van der Waals surface area contributed by atoms with Crippen molar-refractivity contribution in [1.82, 2.24) is 0 Å². The number of hydrogen-bond donors (Lipinski definition) is 0. The fraction of sp³-hybridized carbons (Fsp3) is 0.938. The minimum absolute atomic E-state index is 0.0306. The van der Waals surface area contributed by atoms with Crippen molar-refractivity contribution in [2.45, 2.75) is 78.7 Å². The van der Waals surface area contributed by atoms with Crippen LogP contribution in [0.15, 0.2) is 0 Å². The van der Waals surface area contributed by atoms with Crippen molar-refractivity contribution in [3.63, 3.8) is 0 Å². The summed E-state index contributed by atoms with van der Waals surface area (Å²) in [6, 6.07) is 0. The van der Waals surface area contributed by atoms with Gasteiger partial charge in [-0.15, -0.1) is 0 Å². The highest BCUT2D eigenvalue weighted by molar-refractivity contribution is 5.73. The van der Waals surface area contributed by atoms with Crippen molar-refractivity contribution in [2.75, 3.05) is 0 Å². The van der Waals surface area contributed by atoms with E-state index in [1.807, 2.05) is 0 Å². The van der Waals surface area contributed by atoms with Gasteiger partial charge < -0.3 is 4.74 Å². The highest BCUT2D eigenvalue weighted by Crippen LogP contribution is 2.33. The number of rotatable bonds is 5. The molecule has 1 rings (SSSR count). The van der Waals surface area contributed by atoms with Crippen molar-refractivity contribution < 1.29 is 9.53 Å². The van der Waals surface area contributed by atoms with Crippen LogP contribution < -0.4 is 0 Å². The highest BCUT2D eigenvalue weighted by atomic mass is 16.6. The Bertz CT molecular complexity index is 262. The van der Waals surface area contributed by atoms with Crippen LogP contribution in [0.5, 0.6) is 0 Å². The third-order valence-corrected chi connectivity index (χ3v) is 4.09. The molecule has 1 saturated carbocycles. The molecule has 2 heteroatoms. The first kappa shape index (κ1) is 15.5. The molecule has 0 radical (unpaired) electrons. The number of esters is 1. The maximum Gasteiger partial charge on any atom is 0.309 e. The van der Waals surface area contributed by atoms with Gasteiger partial charge in [0.15, 0.2) is 0 Å². The van der Waals surface area contributed by atoms with Crippen LogP contribution in [-0.2, 0) is 9.53 Å². The molecule has 0 aromatic rings. The minimum atomic E-state index is -0.195. The lowest BCUT2D eigenvalue weighted by Gasteiger charge is -2.35. The first-order valence-electron chi connectivity index (χ1n) is 7.57. The molecule has 0 aromatic carbocycles. The largest absolute Gasteiger partial charge is 0.459 e. The maximum absolute atomic E-state index is 12.4. The zero-order valence-corrected chi connectivity index (χ0v) is 12.8. The molecule has 0 saturated heterocycles. The molecular weight excluding hydrogens is 224 g/mol. The van der Waals surface area contributed by atoms with E-state index in [-0.39, 0.29) is 17.5 Å². The Morgan fingerprint density at radius 3 is 2.11 bits per heavy atom. The second-order valence-electron chi connectivity index (χ2n) is 6.91. The lowest BCUT2D eigenvalue weighted by molar-refractivity contribution is -0.168. The first-order chi connectivity index (χ1) is 8.34. The normalized spacial score (nSPS) is 21.1. The summed E-state index contributed by atoms with van der Waals surface area (Å²) in [5, 5.41) is 0. The van der Waals surface area contributed by atoms with Crippen molar-refractivity contribution in [1.29, 1.82) is 0 Å². The predicted molar refractivity (Wildman–Crippen MR) is 75.4 cm³/mol. The number of carbonyl (C=O) groups excluding carboxylic acids is 1. The second-order valence-corrected chi connectivity index (χ2v) is 6.91. The van der Waals surface area contributed by atoms with E-state index in [4.69, 9.17) is 4.74 Å². The van der Waals surface area contributed by atoms with Gasteiger partial charge in [-0.1, -0.05) is 34.1 Å². The van der Waals surface area contributed by atoms with Gasteiger partial charge in [-0.2, -0.15) is 0 Å². The van der Waals surface area contributed by atoms with E-state index in [0.29, 0.717) is 11.8 Å². The zero-order chi connectivity index (χ0) is 13.8. The molecule has 0 N–H and O–H groups in total. The van der Waals surface area contributed by atoms with Gasteiger partial charge in [-0.25, -0.2) is 0 Å². The Morgan fingerprint density at radius 1 is 1.11 bits per heavy atom. The third-order valence-electron chi connectivity index (χ3n) is 4.09. The Balaban J connectivity index is 2.60. The molecular formula is C16H30O2. The van der Waals surface area contributed by atoms with Crippen LogP contribution in [0.3, 0.4) is 0 Å². The van der Waals surface area contributed by atoms with Gasteiger partial charge in [0.25, 0.3) is 0 Å². The molecule has 1 atom stereocenters. The number of hydrogen-bond acceptors (Lipinski definition) is 2. The van der Waals surface area contributed by atoms with Crippen molar-refractivity contribution in [2.24, 2.45) is 17.8 Å². The van der Waals surface area contributed by atoms with E-state index in [0.717, 1.165) is 19.3 Å². The van der Waals surface area contributed by atoms with Gasteiger partial charge in [0.1, 0.15) is 5.60 Å². The zero-order valence-electron chi connectivity index (χ0n) is 12.8. The van der Waals surface area contributed by atoms with E-state index in [9.17, 15) is 4.79 Å². The summed E-state index contributed by atoms with van der Waals surface area (Å²) in [6.07, 6.45) is 6.68. The SMILES string of the molecule is CC(C)CC(C(=O)OC1(C)CCCCC1)C(C)C. The van der Waals surface area contributed by atoms with E-state index in [1.54, 1.807) is 0 Å². The summed E-state index contributed by atoms with van der Waals surface area (Å²) in [7, 11) is 0. The average Bonchev–Trinajstić information content (AvgIpc) is 2.25. The molecule has 2 nitrogen and oxygen atoms in total. The van der Waals surface area contributed by atoms with Crippen molar-refractivity contribution in [3.8, 4) is 0 Å². The average molecular weight is 254 g/mol. The van der Waals surface area contributed by atoms with E-state index < -0.39 is 0 Å². The molecule has 0 heterocycles. The summed E-state index contributed by atoms with van der Waals surface area (Å²) in [5.41, 5.74) is -0.195. The van der Waals surface area contributed by atoms with Gasteiger partial charge in [0, 0.05) is 0 Å². The topological polar surface area (TPSA) is 26.3 Å². The van der Waals surface area contributed by atoms with Gasteiger partial charge in [-0.3, -0.25) is 4.79 Å².